The van der Waals surface area contributed by atoms with Gasteiger partial charge in [-0.15, -0.1) is 0 Å². The Labute approximate surface area is 136 Å². The van der Waals surface area contributed by atoms with E-state index in [-0.39, 0.29) is 5.91 Å². The SMILES string of the molecule is Cc1ncn(-c2ccc(NC(=O)C(N)C3CCCC3)cc2)c1C. The van der Waals surface area contributed by atoms with Crippen molar-refractivity contribution in [3.05, 3.63) is 42.0 Å². The number of aromatic nitrogens is 2. The van der Waals surface area contributed by atoms with Crippen LogP contribution in [0.25, 0.3) is 5.69 Å². The van der Waals surface area contributed by atoms with Gasteiger partial charge < -0.3 is 15.6 Å². The number of imidazole rings is 1. The Morgan fingerprint density at radius 1 is 1.26 bits per heavy atom. The van der Waals surface area contributed by atoms with Crippen LogP contribution in [0, 0.1) is 19.8 Å². The number of hydrogen-bond acceptors (Lipinski definition) is 3. The zero-order valence-corrected chi connectivity index (χ0v) is 13.7. The molecule has 3 N–H and O–H groups in total. The topological polar surface area (TPSA) is 72.9 Å². The van der Waals surface area contributed by atoms with E-state index in [1.807, 2.05) is 49.0 Å². The van der Waals surface area contributed by atoms with Gasteiger partial charge in [0.15, 0.2) is 0 Å². The summed E-state index contributed by atoms with van der Waals surface area (Å²) in [5, 5.41) is 2.93. The predicted molar refractivity (Wildman–Crippen MR) is 91.6 cm³/mol. The summed E-state index contributed by atoms with van der Waals surface area (Å²) in [6, 6.07) is 7.36. The third-order valence-corrected chi connectivity index (χ3v) is 4.88. The van der Waals surface area contributed by atoms with E-state index in [2.05, 4.69) is 10.3 Å². The van der Waals surface area contributed by atoms with E-state index in [9.17, 15) is 4.79 Å². The molecule has 1 atom stereocenters. The largest absolute Gasteiger partial charge is 0.325 e. The van der Waals surface area contributed by atoms with E-state index in [0.717, 1.165) is 35.6 Å². The molecule has 1 unspecified atom stereocenters. The van der Waals surface area contributed by atoms with Crippen LogP contribution in [-0.4, -0.2) is 21.5 Å². The fourth-order valence-electron chi connectivity index (χ4n) is 3.22. The molecule has 1 aromatic carbocycles. The minimum Gasteiger partial charge on any atom is -0.325 e. The highest BCUT2D eigenvalue weighted by molar-refractivity contribution is 5.95. The smallest absolute Gasteiger partial charge is 0.241 e. The summed E-state index contributed by atoms with van der Waals surface area (Å²) in [6.45, 7) is 4.03. The Kier molecular flexibility index (Phi) is 4.48. The Morgan fingerprint density at radius 3 is 2.48 bits per heavy atom. The van der Waals surface area contributed by atoms with Crippen LogP contribution in [0.3, 0.4) is 0 Å². The van der Waals surface area contributed by atoms with Crippen LogP contribution in [0.4, 0.5) is 5.69 Å². The minimum absolute atomic E-state index is 0.0840. The fourth-order valence-corrected chi connectivity index (χ4v) is 3.22. The zero-order valence-electron chi connectivity index (χ0n) is 13.7. The monoisotopic (exact) mass is 312 g/mol. The highest BCUT2D eigenvalue weighted by Gasteiger charge is 2.27. The van der Waals surface area contributed by atoms with E-state index in [0.29, 0.717) is 5.92 Å². The van der Waals surface area contributed by atoms with Gasteiger partial charge >= 0.3 is 0 Å². The van der Waals surface area contributed by atoms with Crippen LogP contribution < -0.4 is 11.1 Å². The molecule has 0 bridgehead atoms. The van der Waals surface area contributed by atoms with Crippen LogP contribution in [0.1, 0.15) is 37.1 Å². The van der Waals surface area contributed by atoms with Crippen molar-refractivity contribution < 1.29 is 4.79 Å². The van der Waals surface area contributed by atoms with Gasteiger partial charge in [0.05, 0.1) is 18.1 Å². The lowest BCUT2D eigenvalue weighted by molar-refractivity contribution is -0.118. The molecule has 3 rings (SSSR count). The molecular formula is C18H24N4O. The molecule has 1 aliphatic carbocycles. The molecule has 2 aromatic rings. The van der Waals surface area contributed by atoms with E-state index >= 15 is 0 Å². The lowest BCUT2D eigenvalue weighted by atomic mass is 9.98. The maximum atomic E-state index is 12.3. The maximum Gasteiger partial charge on any atom is 0.241 e. The number of anilines is 1. The van der Waals surface area contributed by atoms with Gasteiger partial charge in [0.1, 0.15) is 0 Å². The second-order valence-corrected chi connectivity index (χ2v) is 6.39. The lowest BCUT2D eigenvalue weighted by Gasteiger charge is -2.18. The first kappa shape index (κ1) is 15.7. The summed E-state index contributed by atoms with van der Waals surface area (Å²) in [6.07, 6.45) is 6.31. The summed E-state index contributed by atoms with van der Waals surface area (Å²) in [7, 11) is 0. The molecule has 5 nitrogen and oxygen atoms in total. The second kappa shape index (κ2) is 6.54. The molecule has 5 heteroatoms. The van der Waals surface area contributed by atoms with E-state index in [1.54, 1.807) is 0 Å². The van der Waals surface area contributed by atoms with Crippen LogP contribution in [-0.2, 0) is 4.79 Å². The van der Waals surface area contributed by atoms with E-state index < -0.39 is 6.04 Å². The van der Waals surface area contributed by atoms with E-state index in [1.165, 1.54) is 12.8 Å². The van der Waals surface area contributed by atoms with Gasteiger partial charge in [-0.2, -0.15) is 0 Å². The lowest BCUT2D eigenvalue weighted by Crippen LogP contribution is -2.40. The molecule has 1 fully saturated rings. The summed E-state index contributed by atoms with van der Waals surface area (Å²) in [4.78, 5) is 16.6. The fraction of sp³-hybridized carbons (Fsp3) is 0.444. The number of carbonyl (C=O) groups excluding carboxylic acids is 1. The van der Waals surface area contributed by atoms with Gasteiger partial charge in [0, 0.05) is 17.1 Å². The minimum atomic E-state index is -0.407. The third-order valence-electron chi connectivity index (χ3n) is 4.88. The van der Waals surface area contributed by atoms with Crippen molar-refractivity contribution in [3.63, 3.8) is 0 Å². The predicted octanol–water partition coefficient (Wildman–Crippen LogP) is 2.95. The number of carbonyl (C=O) groups is 1. The third kappa shape index (κ3) is 3.29. The number of nitrogens with two attached hydrogens (primary N) is 1. The van der Waals surface area contributed by atoms with Gasteiger partial charge in [-0.25, -0.2) is 4.98 Å². The molecule has 1 amide bonds. The molecule has 0 saturated heterocycles. The van der Waals surface area contributed by atoms with Gasteiger partial charge in [-0.05, 0) is 56.9 Å². The molecule has 23 heavy (non-hydrogen) atoms. The quantitative estimate of drug-likeness (QED) is 0.911. The standard InChI is InChI=1S/C18H24N4O/c1-12-13(2)22(11-20-12)16-9-7-15(8-10-16)21-18(23)17(19)14-5-3-4-6-14/h7-11,14,17H,3-6,19H2,1-2H3,(H,21,23). The molecule has 1 aromatic heterocycles. The molecular weight excluding hydrogens is 288 g/mol. The molecule has 1 saturated carbocycles. The van der Waals surface area contributed by atoms with Crippen molar-refractivity contribution in [2.45, 2.75) is 45.6 Å². The highest BCUT2D eigenvalue weighted by Crippen LogP contribution is 2.27. The number of amides is 1. The van der Waals surface area contributed by atoms with E-state index in [4.69, 9.17) is 5.73 Å². The summed E-state index contributed by atoms with van der Waals surface area (Å²) in [5.41, 5.74) is 10.0. The first-order valence-electron chi connectivity index (χ1n) is 8.23. The second-order valence-electron chi connectivity index (χ2n) is 6.39. The van der Waals surface area contributed by atoms with Crippen molar-refractivity contribution in [1.82, 2.24) is 9.55 Å². The molecule has 0 spiro atoms. The van der Waals surface area contributed by atoms with Crippen molar-refractivity contribution in [2.75, 3.05) is 5.32 Å². The molecule has 1 heterocycles. The van der Waals surface area contributed by atoms with Crippen LogP contribution >= 0.6 is 0 Å². The van der Waals surface area contributed by atoms with Crippen molar-refractivity contribution in [3.8, 4) is 5.69 Å². The molecule has 122 valence electrons. The van der Waals surface area contributed by atoms with Crippen LogP contribution in [0.15, 0.2) is 30.6 Å². The Bertz CT molecular complexity index is 684. The van der Waals surface area contributed by atoms with Crippen molar-refractivity contribution in [1.29, 1.82) is 0 Å². The Hall–Kier alpha value is -2.14. The van der Waals surface area contributed by atoms with Crippen LogP contribution in [0.5, 0.6) is 0 Å². The average Bonchev–Trinajstić information content (AvgIpc) is 3.19. The zero-order chi connectivity index (χ0) is 16.4. The summed E-state index contributed by atoms with van der Waals surface area (Å²) < 4.78 is 2.03. The number of nitrogens with one attached hydrogen (secondary N) is 1. The molecule has 0 aliphatic heterocycles. The average molecular weight is 312 g/mol. The van der Waals surface area contributed by atoms with Gasteiger partial charge in [-0.1, -0.05) is 12.8 Å². The molecule has 1 aliphatic rings. The number of aryl methyl sites for hydroxylation is 1. The Morgan fingerprint density at radius 2 is 1.91 bits per heavy atom. The highest BCUT2D eigenvalue weighted by atomic mass is 16.2. The number of nitrogens with zero attached hydrogens (tertiary/aromatic N) is 2. The normalized spacial score (nSPS) is 16.5. The van der Waals surface area contributed by atoms with Crippen molar-refractivity contribution >= 4 is 11.6 Å². The molecule has 0 radical (unpaired) electrons. The van der Waals surface area contributed by atoms with Crippen LogP contribution in [0.2, 0.25) is 0 Å². The number of rotatable bonds is 4. The van der Waals surface area contributed by atoms with Gasteiger partial charge in [-0.3, -0.25) is 4.79 Å². The number of hydrogen-bond donors (Lipinski definition) is 2. The maximum absolute atomic E-state index is 12.3. The first-order chi connectivity index (χ1) is 11.1. The number of benzene rings is 1. The first-order valence-corrected chi connectivity index (χ1v) is 8.23. The van der Waals surface area contributed by atoms with Gasteiger partial charge in [0.2, 0.25) is 5.91 Å². The summed E-state index contributed by atoms with van der Waals surface area (Å²) >= 11 is 0. The van der Waals surface area contributed by atoms with Crippen molar-refractivity contribution in [2.24, 2.45) is 11.7 Å². The Balaban J connectivity index is 1.67. The summed E-state index contributed by atoms with van der Waals surface area (Å²) in [5.74, 6) is 0.241. The van der Waals surface area contributed by atoms with Gasteiger partial charge in [0.25, 0.3) is 0 Å².